The smallest absolute Gasteiger partial charge is 0.166 e. The van der Waals surface area contributed by atoms with Crippen LogP contribution in [0.3, 0.4) is 0 Å². The minimum atomic E-state index is 0.0442. The van der Waals surface area contributed by atoms with Crippen molar-refractivity contribution in [3.8, 4) is 34.0 Å². The lowest BCUT2D eigenvalue weighted by Crippen LogP contribution is -2.23. The van der Waals surface area contributed by atoms with Crippen molar-refractivity contribution >= 4 is 77.1 Å². The summed E-state index contributed by atoms with van der Waals surface area (Å²) in [6, 6.07) is 55.6. The van der Waals surface area contributed by atoms with Crippen molar-refractivity contribution < 1.29 is 0 Å². The fourth-order valence-corrected chi connectivity index (χ4v) is 8.32. The molecule has 0 aliphatic heterocycles. The van der Waals surface area contributed by atoms with E-state index in [1.54, 1.807) is 0 Å². The van der Waals surface area contributed by atoms with Gasteiger partial charge in [-0.25, -0.2) is 19.9 Å². The first kappa shape index (κ1) is 31.8. The van der Waals surface area contributed by atoms with Crippen LogP contribution in [-0.4, -0.2) is 31.4 Å². The van der Waals surface area contributed by atoms with Gasteiger partial charge in [-0.05, 0) is 67.4 Å². The lowest BCUT2D eigenvalue weighted by atomic mass is 9.84. The third-order valence-electron chi connectivity index (χ3n) is 10.9. The Bertz CT molecular complexity index is 3210. The molecule has 2 heterocycles. The SMILES string of the molecule is N=C1C(=N)c2c(c(-c3ccccc3)nc3ccccc23)C=C1c1nc(-c2cc3ccccc3c3ccccc23)nc(-c2cc3ccccc3c3ccccc23)n1. The average molecular weight is 715 g/mol. The highest BCUT2D eigenvalue weighted by Gasteiger charge is 2.30. The standard InChI is InChI=1S/C50H30N6/c51-45-42(28-41-44(46(45)52)38-24-12-13-25-43(38)53-47(41)29-14-2-1-3-15-29)50-55-48(39-26-30-16-4-6-18-32(30)34-20-8-10-22-36(34)39)54-49(56-50)40-27-31-17-5-7-19-33(31)35-21-9-11-23-37(35)40/h1-28,51-52H. The number of benzene rings is 8. The molecule has 1 aliphatic rings. The molecule has 6 nitrogen and oxygen atoms in total. The van der Waals surface area contributed by atoms with E-state index in [-0.39, 0.29) is 11.4 Å². The second-order valence-corrected chi connectivity index (χ2v) is 14.1. The molecule has 0 saturated heterocycles. The van der Waals surface area contributed by atoms with Gasteiger partial charge in [0, 0.05) is 38.8 Å². The highest BCUT2D eigenvalue weighted by molar-refractivity contribution is 6.64. The monoisotopic (exact) mass is 714 g/mol. The van der Waals surface area contributed by atoms with Gasteiger partial charge in [0.2, 0.25) is 0 Å². The number of hydrogen-bond acceptors (Lipinski definition) is 6. The van der Waals surface area contributed by atoms with Gasteiger partial charge in [-0.1, -0.05) is 146 Å². The van der Waals surface area contributed by atoms with Crippen LogP contribution in [0.5, 0.6) is 0 Å². The first-order chi connectivity index (χ1) is 27.6. The molecule has 11 rings (SSSR count). The lowest BCUT2D eigenvalue weighted by Gasteiger charge is -2.23. The van der Waals surface area contributed by atoms with Gasteiger partial charge in [0.1, 0.15) is 0 Å². The first-order valence-corrected chi connectivity index (χ1v) is 18.6. The number of fused-ring (bicyclic) bond motifs is 9. The van der Waals surface area contributed by atoms with Crippen molar-refractivity contribution in [3.05, 3.63) is 181 Å². The molecular weight excluding hydrogens is 685 g/mol. The van der Waals surface area contributed by atoms with Crippen LogP contribution in [-0.2, 0) is 0 Å². The first-order valence-electron chi connectivity index (χ1n) is 18.6. The predicted octanol–water partition coefficient (Wildman–Crippen LogP) is 12.0. The van der Waals surface area contributed by atoms with E-state index >= 15 is 0 Å². The second kappa shape index (κ2) is 12.4. The molecule has 1 aliphatic carbocycles. The van der Waals surface area contributed by atoms with Gasteiger partial charge in [-0.3, -0.25) is 10.8 Å². The molecule has 260 valence electrons. The molecule has 0 spiro atoms. The van der Waals surface area contributed by atoms with E-state index in [4.69, 9.17) is 19.9 Å². The zero-order chi connectivity index (χ0) is 37.3. The van der Waals surface area contributed by atoms with Crippen molar-refractivity contribution in [2.24, 2.45) is 0 Å². The Kier molecular flexibility index (Phi) is 7.06. The van der Waals surface area contributed by atoms with E-state index in [1.165, 1.54) is 0 Å². The summed E-state index contributed by atoms with van der Waals surface area (Å²) in [6.45, 7) is 0. The fourth-order valence-electron chi connectivity index (χ4n) is 8.32. The second-order valence-electron chi connectivity index (χ2n) is 14.1. The molecule has 0 fully saturated rings. The van der Waals surface area contributed by atoms with Crippen molar-refractivity contribution in [2.75, 3.05) is 0 Å². The molecule has 56 heavy (non-hydrogen) atoms. The summed E-state index contributed by atoms with van der Waals surface area (Å²) < 4.78 is 0. The Labute approximate surface area is 321 Å². The highest BCUT2D eigenvalue weighted by Crippen LogP contribution is 2.40. The van der Waals surface area contributed by atoms with E-state index in [9.17, 15) is 10.8 Å². The molecule has 0 bridgehead atoms. The number of allylic oxidation sites excluding steroid dienone is 1. The summed E-state index contributed by atoms with van der Waals surface area (Å²) >= 11 is 0. The summed E-state index contributed by atoms with van der Waals surface area (Å²) in [4.78, 5) is 20.9. The minimum absolute atomic E-state index is 0.0442. The molecule has 2 N–H and O–H groups in total. The van der Waals surface area contributed by atoms with Crippen molar-refractivity contribution in [1.29, 1.82) is 10.8 Å². The maximum atomic E-state index is 9.59. The van der Waals surface area contributed by atoms with Crippen LogP contribution < -0.4 is 0 Å². The number of aromatic nitrogens is 4. The molecule has 0 unspecified atom stereocenters. The van der Waals surface area contributed by atoms with E-state index in [0.29, 0.717) is 28.6 Å². The number of para-hydroxylation sites is 1. The lowest BCUT2D eigenvalue weighted by molar-refractivity contribution is 1.04. The molecule has 6 heteroatoms. The molecule has 2 aromatic heterocycles. The molecular formula is C50H30N6. The zero-order valence-corrected chi connectivity index (χ0v) is 30.0. The maximum Gasteiger partial charge on any atom is 0.166 e. The zero-order valence-electron chi connectivity index (χ0n) is 30.0. The Morgan fingerprint density at radius 3 is 1.43 bits per heavy atom. The van der Waals surface area contributed by atoms with Gasteiger partial charge in [0.15, 0.2) is 17.5 Å². The Balaban J connectivity index is 1.24. The predicted molar refractivity (Wildman–Crippen MR) is 230 cm³/mol. The van der Waals surface area contributed by atoms with E-state index in [2.05, 4.69) is 84.9 Å². The number of rotatable bonds is 4. The Morgan fingerprint density at radius 2 is 0.839 bits per heavy atom. The summed E-state index contributed by atoms with van der Waals surface area (Å²) in [6.07, 6.45) is 1.96. The molecule has 8 aromatic carbocycles. The summed E-state index contributed by atoms with van der Waals surface area (Å²) in [5.74, 6) is 1.32. The van der Waals surface area contributed by atoms with Crippen LogP contribution in [0.15, 0.2) is 164 Å². The van der Waals surface area contributed by atoms with Gasteiger partial charge in [-0.15, -0.1) is 0 Å². The molecule has 0 atom stereocenters. The van der Waals surface area contributed by atoms with Gasteiger partial charge in [0.25, 0.3) is 0 Å². The largest absolute Gasteiger partial charge is 0.298 e. The normalized spacial score (nSPS) is 12.8. The van der Waals surface area contributed by atoms with Crippen LogP contribution in [0.4, 0.5) is 0 Å². The third-order valence-corrected chi connectivity index (χ3v) is 10.9. The topological polar surface area (TPSA) is 99.3 Å². The Morgan fingerprint density at radius 1 is 0.375 bits per heavy atom. The van der Waals surface area contributed by atoms with Crippen LogP contribution in [0.2, 0.25) is 0 Å². The highest BCUT2D eigenvalue weighted by atomic mass is 15.0. The van der Waals surface area contributed by atoms with Crippen LogP contribution in [0.1, 0.15) is 17.0 Å². The molecule has 10 aromatic rings. The van der Waals surface area contributed by atoms with E-state index in [0.717, 1.165) is 81.9 Å². The maximum absolute atomic E-state index is 9.59. The molecule has 0 amide bonds. The number of nitrogens with one attached hydrogen (secondary N) is 2. The number of pyridine rings is 1. The third kappa shape index (κ3) is 4.90. The van der Waals surface area contributed by atoms with E-state index in [1.807, 2.05) is 84.9 Å². The van der Waals surface area contributed by atoms with Gasteiger partial charge in [0.05, 0.1) is 22.6 Å². The van der Waals surface area contributed by atoms with Crippen LogP contribution in [0, 0.1) is 10.8 Å². The minimum Gasteiger partial charge on any atom is -0.298 e. The van der Waals surface area contributed by atoms with E-state index < -0.39 is 0 Å². The van der Waals surface area contributed by atoms with Crippen molar-refractivity contribution in [3.63, 3.8) is 0 Å². The van der Waals surface area contributed by atoms with Crippen LogP contribution >= 0.6 is 0 Å². The molecule has 0 saturated carbocycles. The summed E-state index contributed by atoms with van der Waals surface area (Å²) in [5, 5.41) is 28.7. The number of hydrogen-bond donors (Lipinski definition) is 2. The van der Waals surface area contributed by atoms with Gasteiger partial charge < -0.3 is 0 Å². The number of nitrogens with zero attached hydrogens (tertiary/aromatic N) is 4. The quantitative estimate of drug-likeness (QED) is 0.177. The fraction of sp³-hybridized carbons (Fsp3) is 0. The average Bonchev–Trinajstić information content (AvgIpc) is 3.26. The molecule has 0 radical (unpaired) electrons. The van der Waals surface area contributed by atoms with Gasteiger partial charge in [-0.2, -0.15) is 0 Å². The summed E-state index contributed by atoms with van der Waals surface area (Å²) in [7, 11) is 0. The van der Waals surface area contributed by atoms with Gasteiger partial charge >= 0.3 is 0 Å². The van der Waals surface area contributed by atoms with Crippen molar-refractivity contribution in [1.82, 2.24) is 19.9 Å². The summed E-state index contributed by atoms with van der Waals surface area (Å²) in [5.41, 5.74) is 6.20. The van der Waals surface area contributed by atoms with Crippen molar-refractivity contribution in [2.45, 2.75) is 0 Å². The van der Waals surface area contributed by atoms with Crippen LogP contribution in [0.25, 0.3) is 99.7 Å². The Hall–Kier alpha value is -7.70.